The number of hydrogen-bond donors (Lipinski definition) is 1. The fourth-order valence-corrected chi connectivity index (χ4v) is 1.09. The summed E-state index contributed by atoms with van der Waals surface area (Å²) in [6.45, 7) is 3.15. The van der Waals surface area contributed by atoms with Crippen molar-refractivity contribution in [1.82, 2.24) is 5.32 Å². The maximum atomic E-state index is 13.1. The van der Waals surface area contributed by atoms with E-state index in [1.54, 1.807) is 0 Å². The zero-order valence-corrected chi connectivity index (χ0v) is 8.74. The van der Waals surface area contributed by atoms with Gasteiger partial charge in [-0.2, -0.15) is 0 Å². The topological polar surface area (TPSA) is 29.1 Å². The second kappa shape index (κ2) is 5.03. The Hall–Kier alpha value is -1.49. The Morgan fingerprint density at radius 2 is 1.81 bits per heavy atom. The molecule has 1 aromatic rings. The Labute approximate surface area is 94.7 Å². The number of benzene rings is 1. The van der Waals surface area contributed by atoms with Gasteiger partial charge in [0, 0.05) is 17.2 Å². The Morgan fingerprint density at radius 1 is 1.31 bits per heavy atom. The van der Waals surface area contributed by atoms with Gasteiger partial charge in [-0.25, -0.2) is 13.2 Å². The van der Waals surface area contributed by atoms with Crippen LogP contribution in [0, 0.1) is 17.5 Å². The molecule has 2 nitrogen and oxygen atoms in total. The number of amides is 1. The summed E-state index contributed by atoms with van der Waals surface area (Å²) in [6, 6.07) is 0.848. The van der Waals surface area contributed by atoms with Crippen molar-refractivity contribution >= 4 is 17.5 Å². The Balaban J connectivity index is 2.95. The van der Waals surface area contributed by atoms with Crippen molar-refractivity contribution in [1.29, 1.82) is 0 Å². The molecule has 0 unspecified atom stereocenters. The molecule has 6 heteroatoms. The quantitative estimate of drug-likeness (QED) is 0.877. The van der Waals surface area contributed by atoms with Gasteiger partial charge in [-0.15, -0.1) is 0 Å². The molecule has 0 atom stereocenters. The van der Waals surface area contributed by atoms with Gasteiger partial charge < -0.3 is 5.32 Å². The van der Waals surface area contributed by atoms with Crippen molar-refractivity contribution in [2.45, 2.75) is 0 Å². The van der Waals surface area contributed by atoms with E-state index >= 15 is 0 Å². The molecule has 0 saturated heterocycles. The summed E-state index contributed by atoms with van der Waals surface area (Å²) in [5, 5.41) is 2.23. The molecular weight excluding hydrogens is 243 g/mol. The minimum atomic E-state index is -1.27. The highest BCUT2D eigenvalue weighted by Gasteiger charge is 2.18. The molecule has 0 heterocycles. The molecule has 86 valence electrons. The van der Waals surface area contributed by atoms with Gasteiger partial charge >= 0.3 is 0 Å². The van der Waals surface area contributed by atoms with Crippen LogP contribution in [0.1, 0.15) is 10.4 Å². The van der Waals surface area contributed by atoms with E-state index in [4.69, 9.17) is 11.6 Å². The van der Waals surface area contributed by atoms with Crippen molar-refractivity contribution in [3.05, 3.63) is 46.8 Å². The number of rotatable bonds is 3. The summed E-state index contributed by atoms with van der Waals surface area (Å²) in [7, 11) is 0. The molecular formula is C10H7ClF3NO. The van der Waals surface area contributed by atoms with Crippen molar-refractivity contribution < 1.29 is 18.0 Å². The number of carbonyl (C=O) groups excluding carboxylic acids is 1. The predicted molar refractivity (Wildman–Crippen MR) is 53.6 cm³/mol. The monoisotopic (exact) mass is 249 g/mol. The fourth-order valence-electron chi connectivity index (χ4n) is 1.02. The maximum absolute atomic E-state index is 13.1. The smallest absolute Gasteiger partial charge is 0.257 e. The first-order valence-electron chi connectivity index (χ1n) is 4.18. The average Bonchev–Trinajstić information content (AvgIpc) is 2.12. The number of halogens is 4. The summed E-state index contributed by atoms with van der Waals surface area (Å²) >= 11 is 5.36. The number of nitrogens with one attached hydrogen (secondary N) is 1. The van der Waals surface area contributed by atoms with Crippen LogP contribution < -0.4 is 5.32 Å². The molecule has 1 N–H and O–H groups in total. The Morgan fingerprint density at radius 3 is 2.25 bits per heavy atom. The van der Waals surface area contributed by atoms with Gasteiger partial charge in [-0.05, 0) is 0 Å². The maximum Gasteiger partial charge on any atom is 0.257 e. The second-order valence-corrected chi connectivity index (χ2v) is 3.48. The summed E-state index contributed by atoms with van der Waals surface area (Å²) in [5.41, 5.74) is -0.848. The first kappa shape index (κ1) is 12.6. The van der Waals surface area contributed by atoms with E-state index in [9.17, 15) is 18.0 Å². The standard InChI is InChI=1S/C10H7ClF3NO/c1-5(11)4-15-10(16)9-7(13)2-6(12)3-8(9)14/h2-3H,1,4H2,(H,15,16). The Bertz CT molecular complexity index is 425. The zero-order chi connectivity index (χ0) is 12.3. The molecule has 0 saturated carbocycles. The lowest BCUT2D eigenvalue weighted by Crippen LogP contribution is -2.26. The summed E-state index contributed by atoms with van der Waals surface area (Å²) in [6.07, 6.45) is 0. The number of hydrogen-bond acceptors (Lipinski definition) is 1. The molecule has 0 aliphatic rings. The van der Waals surface area contributed by atoms with Gasteiger partial charge in [0.2, 0.25) is 0 Å². The molecule has 0 fully saturated rings. The van der Waals surface area contributed by atoms with Crippen LogP contribution in [0.25, 0.3) is 0 Å². The SMILES string of the molecule is C=C(Cl)CNC(=O)c1c(F)cc(F)cc1F. The molecule has 1 aromatic carbocycles. The average molecular weight is 250 g/mol. The highest BCUT2D eigenvalue weighted by Crippen LogP contribution is 2.14. The Kier molecular flexibility index (Phi) is 3.95. The van der Waals surface area contributed by atoms with E-state index in [1.165, 1.54) is 0 Å². The minimum Gasteiger partial charge on any atom is -0.347 e. The molecule has 1 amide bonds. The van der Waals surface area contributed by atoms with Crippen molar-refractivity contribution in [3.63, 3.8) is 0 Å². The molecule has 0 aromatic heterocycles. The van der Waals surface area contributed by atoms with Gasteiger partial charge in [-0.1, -0.05) is 18.2 Å². The molecule has 16 heavy (non-hydrogen) atoms. The third kappa shape index (κ3) is 3.00. The first-order chi connectivity index (χ1) is 7.41. The lowest BCUT2D eigenvalue weighted by Gasteiger charge is -2.06. The van der Waals surface area contributed by atoms with Crippen LogP contribution in [-0.4, -0.2) is 12.5 Å². The van der Waals surface area contributed by atoms with E-state index in [0.717, 1.165) is 0 Å². The normalized spacial score (nSPS) is 10.0. The summed E-state index contributed by atoms with van der Waals surface area (Å²) in [4.78, 5) is 11.3. The highest BCUT2D eigenvalue weighted by atomic mass is 35.5. The van der Waals surface area contributed by atoms with E-state index in [0.29, 0.717) is 12.1 Å². The molecule has 0 radical (unpaired) electrons. The van der Waals surface area contributed by atoms with E-state index in [1.807, 2.05) is 0 Å². The van der Waals surface area contributed by atoms with E-state index < -0.39 is 28.9 Å². The van der Waals surface area contributed by atoms with E-state index in [-0.39, 0.29) is 11.6 Å². The van der Waals surface area contributed by atoms with E-state index in [2.05, 4.69) is 11.9 Å². The van der Waals surface area contributed by atoms with Crippen molar-refractivity contribution in [3.8, 4) is 0 Å². The van der Waals surface area contributed by atoms with Crippen molar-refractivity contribution in [2.75, 3.05) is 6.54 Å². The number of carbonyl (C=O) groups is 1. The third-order valence-electron chi connectivity index (χ3n) is 1.67. The van der Waals surface area contributed by atoms with Crippen molar-refractivity contribution in [2.24, 2.45) is 0 Å². The minimum absolute atomic E-state index is 0.108. The van der Waals surface area contributed by atoms with Crippen LogP contribution in [0.4, 0.5) is 13.2 Å². The largest absolute Gasteiger partial charge is 0.347 e. The van der Waals surface area contributed by atoms with Crippen LogP contribution in [0.2, 0.25) is 0 Å². The van der Waals surface area contributed by atoms with Crippen LogP contribution in [0.15, 0.2) is 23.7 Å². The van der Waals surface area contributed by atoms with Crippen LogP contribution in [-0.2, 0) is 0 Å². The van der Waals surface area contributed by atoms with Gasteiger partial charge in [0.05, 0.1) is 6.54 Å². The first-order valence-corrected chi connectivity index (χ1v) is 4.55. The van der Waals surface area contributed by atoms with Crippen LogP contribution >= 0.6 is 11.6 Å². The van der Waals surface area contributed by atoms with Crippen LogP contribution in [0.3, 0.4) is 0 Å². The fraction of sp³-hybridized carbons (Fsp3) is 0.100. The molecule has 0 aliphatic heterocycles. The molecule has 1 rings (SSSR count). The van der Waals surface area contributed by atoms with Crippen LogP contribution in [0.5, 0.6) is 0 Å². The van der Waals surface area contributed by atoms with Gasteiger partial charge in [0.15, 0.2) is 0 Å². The zero-order valence-electron chi connectivity index (χ0n) is 7.99. The second-order valence-electron chi connectivity index (χ2n) is 2.94. The lowest BCUT2D eigenvalue weighted by atomic mass is 10.2. The highest BCUT2D eigenvalue weighted by molar-refractivity contribution is 6.29. The van der Waals surface area contributed by atoms with Gasteiger partial charge in [0.25, 0.3) is 5.91 Å². The molecule has 0 spiro atoms. The molecule has 0 aliphatic carbocycles. The summed E-state index contributed by atoms with van der Waals surface area (Å²) in [5.74, 6) is -4.64. The van der Waals surface area contributed by atoms with Gasteiger partial charge in [0.1, 0.15) is 23.0 Å². The summed E-state index contributed by atoms with van der Waals surface area (Å²) < 4.78 is 38.7. The lowest BCUT2D eigenvalue weighted by molar-refractivity contribution is 0.0949. The third-order valence-corrected chi connectivity index (χ3v) is 1.81. The van der Waals surface area contributed by atoms with Gasteiger partial charge in [-0.3, -0.25) is 4.79 Å². The predicted octanol–water partition coefficient (Wildman–Crippen LogP) is 2.59. The molecule has 0 bridgehead atoms.